The highest BCUT2D eigenvalue weighted by molar-refractivity contribution is 8.14. The van der Waals surface area contributed by atoms with Crippen molar-refractivity contribution >= 4 is 22.6 Å². The van der Waals surface area contributed by atoms with Gasteiger partial charge in [-0.3, -0.25) is 4.99 Å². The van der Waals surface area contributed by atoms with Gasteiger partial charge in [-0.25, -0.2) is 8.78 Å². The molecule has 0 bridgehead atoms. The summed E-state index contributed by atoms with van der Waals surface area (Å²) in [6, 6.07) is 4.51. The van der Waals surface area contributed by atoms with E-state index in [1.807, 2.05) is 0 Å². The number of aliphatic imine (C=N–C) groups is 1. The molecule has 0 saturated heterocycles. The fraction of sp³-hybridized carbons (Fsp3) is 0.500. The molecule has 2 aliphatic rings. The molecule has 1 aromatic rings. The number of benzene rings is 1. The summed E-state index contributed by atoms with van der Waals surface area (Å²) in [5.41, 5.74) is 0.167. The van der Waals surface area contributed by atoms with E-state index < -0.39 is 11.6 Å². The van der Waals surface area contributed by atoms with Crippen LogP contribution in [0.3, 0.4) is 0 Å². The Labute approximate surface area is 115 Å². The fourth-order valence-electron chi connectivity index (χ4n) is 2.71. The monoisotopic (exact) mass is 282 g/mol. The number of thioether (sulfide) groups is 1. The summed E-state index contributed by atoms with van der Waals surface area (Å²) in [6.45, 7) is 0. The molecule has 1 aliphatic heterocycles. The number of amidine groups is 1. The van der Waals surface area contributed by atoms with Crippen LogP contribution in [0.4, 0.5) is 14.5 Å². The van der Waals surface area contributed by atoms with Crippen LogP contribution < -0.4 is 5.32 Å². The van der Waals surface area contributed by atoms with Gasteiger partial charge in [-0.15, -0.1) is 0 Å². The molecular weight excluding hydrogens is 266 g/mol. The third-order valence-electron chi connectivity index (χ3n) is 3.78. The SMILES string of the molecule is Fc1cccc(NC2=NC3CCCCC3CS2)c1F. The van der Waals surface area contributed by atoms with Crippen molar-refractivity contribution in [2.45, 2.75) is 31.7 Å². The molecule has 1 saturated carbocycles. The number of fused-ring (bicyclic) bond motifs is 1. The number of nitrogens with one attached hydrogen (secondary N) is 1. The number of rotatable bonds is 1. The summed E-state index contributed by atoms with van der Waals surface area (Å²) < 4.78 is 26.7. The Hall–Kier alpha value is -1.10. The number of halogens is 2. The van der Waals surface area contributed by atoms with Crippen molar-refractivity contribution in [3.05, 3.63) is 29.8 Å². The van der Waals surface area contributed by atoms with Crippen LogP contribution >= 0.6 is 11.8 Å². The molecule has 0 spiro atoms. The molecule has 0 radical (unpaired) electrons. The zero-order chi connectivity index (χ0) is 13.2. The molecule has 1 N–H and O–H groups in total. The second kappa shape index (κ2) is 5.49. The predicted molar refractivity (Wildman–Crippen MR) is 75.6 cm³/mol. The first-order chi connectivity index (χ1) is 9.24. The summed E-state index contributed by atoms with van der Waals surface area (Å²) in [5, 5.41) is 3.64. The van der Waals surface area contributed by atoms with Crippen molar-refractivity contribution in [1.29, 1.82) is 0 Å². The molecule has 2 nitrogen and oxygen atoms in total. The highest BCUT2D eigenvalue weighted by Gasteiger charge is 2.29. The van der Waals surface area contributed by atoms with Crippen molar-refractivity contribution in [2.75, 3.05) is 11.1 Å². The Morgan fingerprint density at radius 2 is 2.05 bits per heavy atom. The largest absolute Gasteiger partial charge is 0.332 e. The third kappa shape index (κ3) is 2.76. The quantitative estimate of drug-likeness (QED) is 0.840. The van der Waals surface area contributed by atoms with Crippen LogP contribution in [0.2, 0.25) is 0 Å². The molecule has 19 heavy (non-hydrogen) atoms. The molecule has 3 rings (SSSR count). The van der Waals surface area contributed by atoms with E-state index in [0.717, 1.165) is 18.2 Å². The van der Waals surface area contributed by atoms with Gasteiger partial charge >= 0.3 is 0 Å². The Bertz CT molecular complexity index is 504. The minimum absolute atomic E-state index is 0.167. The second-order valence-electron chi connectivity index (χ2n) is 5.08. The summed E-state index contributed by atoms with van der Waals surface area (Å²) in [5.74, 6) is 0.00754. The first-order valence-electron chi connectivity index (χ1n) is 6.65. The van der Waals surface area contributed by atoms with E-state index in [1.165, 1.54) is 31.4 Å². The molecule has 1 aromatic carbocycles. The molecule has 2 atom stereocenters. The molecule has 1 heterocycles. The number of anilines is 1. The van der Waals surface area contributed by atoms with Crippen molar-refractivity contribution in [3.63, 3.8) is 0 Å². The maximum Gasteiger partial charge on any atom is 0.182 e. The topological polar surface area (TPSA) is 24.4 Å². The Kier molecular flexibility index (Phi) is 3.73. The van der Waals surface area contributed by atoms with Gasteiger partial charge in [-0.1, -0.05) is 30.7 Å². The Morgan fingerprint density at radius 1 is 1.21 bits per heavy atom. The van der Waals surface area contributed by atoms with E-state index >= 15 is 0 Å². The third-order valence-corrected chi connectivity index (χ3v) is 4.86. The van der Waals surface area contributed by atoms with E-state index in [1.54, 1.807) is 11.8 Å². The molecule has 1 fully saturated rings. The molecular formula is C14H16F2N2S. The standard InChI is InChI=1S/C14H16F2N2S/c15-10-5-3-7-12(13(10)16)18-14-17-11-6-2-1-4-9(11)8-19-14/h3,5,7,9,11H,1-2,4,6,8H2,(H,17,18). The van der Waals surface area contributed by atoms with Crippen LogP contribution in [0.5, 0.6) is 0 Å². The summed E-state index contributed by atoms with van der Waals surface area (Å²) in [6.07, 6.45) is 4.86. The second-order valence-corrected chi connectivity index (χ2v) is 6.09. The van der Waals surface area contributed by atoms with E-state index in [4.69, 9.17) is 0 Å². The van der Waals surface area contributed by atoms with E-state index in [0.29, 0.717) is 17.1 Å². The highest BCUT2D eigenvalue weighted by atomic mass is 32.2. The molecule has 0 amide bonds. The van der Waals surface area contributed by atoms with Crippen LogP contribution in [0.25, 0.3) is 0 Å². The lowest BCUT2D eigenvalue weighted by atomic mass is 9.86. The smallest absolute Gasteiger partial charge is 0.182 e. The molecule has 5 heteroatoms. The van der Waals surface area contributed by atoms with Crippen molar-refractivity contribution in [2.24, 2.45) is 10.9 Å². The molecule has 0 aromatic heterocycles. The van der Waals surface area contributed by atoms with Gasteiger partial charge in [-0.05, 0) is 30.9 Å². The van der Waals surface area contributed by atoms with Gasteiger partial charge < -0.3 is 5.32 Å². The Morgan fingerprint density at radius 3 is 2.95 bits per heavy atom. The summed E-state index contributed by atoms with van der Waals surface area (Å²) in [4.78, 5) is 4.65. The Balaban J connectivity index is 1.76. The maximum atomic E-state index is 13.6. The van der Waals surface area contributed by atoms with E-state index in [9.17, 15) is 8.78 Å². The summed E-state index contributed by atoms with van der Waals surface area (Å²) >= 11 is 1.61. The van der Waals surface area contributed by atoms with E-state index in [-0.39, 0.29) is 5.69 Å². The first-order valence-corrected chi connectivity index (χ1v) is 7.64. The van der Waals surface area contributed by atoms with Gasteiger partial charge in [0.2, 0.25) is 0 Å². The number of hydrogen-bond donors (Lipinski definition) is 1. The van der Waals surface area contributed by atoms with Gasteiger partial charge in [0.25, 0.3) is 0 Å². The lowest BCUT2D eigenvalue weighted by molar-refractivity contribution is 0.336. The van der Waals surface area contributed by atoms with Gasteiger partial charge in [-0.2, -0.15) is 0 Å². The van der Waals surface area contributed by atoms with Crippen LogP contribution in [-0.4, -0.2) is 17.0 Å². The minimum Gasteiger partial charge on any atom is -0.332 e. The maximum absolute atomic E-state index is 13.6. The average Bonchev–Trinajstić information content (AvgIpc) is 2.44. The van der Waals surface area contributed by atoms with Crippen LogP contribution in [0.15, 0.2) is 23.2 Å². The minimum atomic E-state index is -0.837. The predicted octanol–water partition coefficient (Wildman–Crippen LogP) is 4.04. The zero-order valence-electron chi connectivity index (χ0n) is 10.5. The first kappa shape index (κ1) is 12.9. The normalized spacial score (nSPS) is 26.5. The summed E-state index contributed by atoms with van der Waals surface area (Å²) in [7, 11) is 0. The zero-order valence-corrected chi connectivity index (χ0v) is 11.4. The molecule has 2 unspecified atom stereocenters. The van der Waals surface area contributed by atoms with Crippen LogP contribution in [0.1, 0.15) is 25.7 Å². The molecule has 1 aliphatic carbocycles. The van der Waals surface area contributed by atoms with Crippen LogP contribution in [-0.2, 0) is 0 Å². The fourth-order valence-corrected chi connectivity index (χ4v) is 3.86. The number of nitrogens with zero attached hydrogens (tertiary/aromatic N) is 1. The van der Waals surface area contributed by atoms with Crippen molar-refractivity contribution in [1.82, 2.24) is 0 Å². The molecule has 102 valence electrons. The lowest BCUT2D eigenvalue weighted by Crippen LogP contribution is -2.31. The van der Waals surface area contributed by atoms with Crippen molar-refractivity contribution in [3.8, 4) is 0 Å². The van der Waals surface area contributed by atoms with Gasteiger partial charge in [0, 0.05) is 5.75 Å². The highest BCUT2D eigenvalue weighted by Crippen LogP contribution is 2.34. The van der Waals surface area contributed by atoms with Gasteiger partial charge in [0.15, 0.2) is 16.8 Å². The van der Waals surface area contributed by atoms with E-state index in [2.05, 4.69) is 10.3 Å². The van der Waals surface area contributed by atoms with Gasteiger partial charge in [0.05, 0.1) is 11.7 Å². The lowest BCUT2D eigenvalue weighted by Gasteiger charge is -2.32. The van der Waals surface area contributed by atoms with Crippen LogP contribution in [0, 0.1) is 17.6 Å². The van der Waals surface area contributed by atoms with Crippen molar-refractivity contribution < 1.29 is 8.78 Å². The van der Waals surface area contributed by atoms with Gasteiger partial charge in [0.1, 0.15) is 0 Å². The number of hydrogen-bond acceptors (Lipinski definition) is 3. The average molecular weight is 282 g/mol.